The Morgan fingerprint density at radius 2 is 2.06 bits per heavy atom. The van der Waals surface area contributed by atoms with Gasteiger partial charge in [-0.2, -0.15) is 0 Å². The van der Waals surface area contributed by atoms with Crippen LogP contribution in [0.5, 0.6) is 0 Å². The summed E-state index contributed by atoms with van der Waals surface area (Å²) in [6.07, 6.45) is 2.40. The van der Waals surface area contributed by atoms with Crippen LogP contribution >= 0.6 is 0 Å². The second-order valence-corrected chi connectivity index (χ2v) is 5.03. The van der Waals surface area contributed by atoms with Gasteiger partial charge in [0.05, 0.1) is 17.6 Å². The molecule has 0 aromatic rings. The molecule has 1 aliphatic rings. The number of aliphatic hydroxyl groups excluding tert-OH is 1. The van der Waals surface area contributed by atoms with Crippen LogP contribution < -0.4 is 5.32 Å². The van der Waals surface area contributed by atoms with Crippen molar-refractivity contribution in [2.45, 2.75) is 50.7 Å². The Morgan fingerprint density at radius 1 is 1.47 bits per heavy atom. The Hall–Kier alpha value is -0.650. The predicted octanol–water partition coefficient (Wildman–Crippen LogP) is 0.353. The fourth-order valence-corrected chi connectivity index (χ4v) is 2.19. The molecule has 0 heterocycles. The number of hydrogen-bond acceptors (Lipinski definition) is 4. The van der Waals surface area contributed by atoms with Gasteiger partial charge >= 0.3 is 5.97 Å². The molecule has 1 rings (SSSR count). The molecular formula is C12H23NO4. The number of nitrogens with one attached hydrogen (secondary N) is 1. The summed E-state index contributed by atoms with van der Waals surface area (Å²) in [6, 6.07) is 0. The number of aliphatic carboxylic acids is 1. The third kappa shape index (κ3) is 4.61. The van der Waals surface area contributed by atoms with E-state index in [1.807, 2.05) is 6.92 Å². The zero-order valence-corrected chi connectivity index (χ0v) is 10.4. The van der Waals surface area contributed by atoms with E-state index in [4.69, 9.17) is 5.11 Å². The average molecular weight is 245 g/mol. The number of carboxylic acid groups (broad SMARTS) is 1. The molecule has 4 N–H and O–H groups in total. The first-order valence-corrected chi connectivity index (χ1v) is 6.31. The molecule has 0 aromatic heterocycles. The van der Waals surface area contributed by atoms with E-state index in [-0.39, 0.29) is 12.0 Å². The summed E-state index contributed by atoms with van der Waals surface area (Å²) in [5, 5.41) is 31.5. The van der Waals surface area contributed by atoms with E-state index < -0.39 is 11.6 Å². The van der Waals surface area contributed by atoms with E-state index in [0.29, 0.717) is 45.2 Å². The summed E-state index contributed by atoms with van der Waals surface area (Å²) in [7, 11) is 0. The molecule has 1 fully saturated rings. The fraction of sp³-hybridized carbons (Fsp3) is 0.917. The van der Waals surface area contributed by atoms with Gasteiger partial charge in [-0.1, -0.05) is 6.92 Å². The molecule has 0 bridgehead atoms. The smallest absolute Gasteiger partial charge is 0.306 e. The van der Waals surface area contributed by atoms with Gasteiger partial charge < -0.3 is 20.6 Å². The van der Waals surface area contributed by atoms with E-state index in [1.165, 1.54) is 0 Å². The van der Waals surface area contributed by atoms with Crippen molar-refractivity contribution in [1.29, 1.82) is 0 Å². The highest BCUT2D eigenvalue weighted by Gasteiger charge is 2.35. The maximum Gasteiger partial charge on any atom is 0.306 e. The lowest BCUT2D eigenvalue weighted by Gasteiger charge is -2.35. The second kappa shape index (κ2) is 6.33. The molecule has 0 aliphatic heterocycles. The van der Waals surface area contributed by atoms with Crippen LogP contribution in [0.4, 0.5) is 0 Å². The minimum atomic E-state index is -0.806. The van der Waals surface area contributed by atoms with Crippen molar-refractivity contribution in [2.24, 2.45) is 5.92 Å². The van der Waals surface area contributed by atoms with Crippen LogP contribution in [-0.2, 0) is 4.79 Å². The lowest BCUT2D eigenvalue weighted by molar-refractivity contribution is -0.144. The fourth-order valence-electron chi connectivity index (χ4n) is 2.19. The topological polar surface area (TPSA) is 89.8 Å². The molecule has 1 unspecified atom stereocenters. The summed E-state index contributed by atoms with van der Waals surface area (Å²) in [6.45, 7) is 2.80. The summed E-state index contributed by atoms with van der Waals surface area (Å²) in [5.74, 6) is -1.07. The maximum atomic E-state index is 10.8. The molecular weight excluding hydrogens is 222 g/mol. The van der Waals surface area contributed by atoms with E-state index in [0.717, 1.165) is 0 Å². The van der Waals surface area contributed by atoms with Crippen molar-refractivity contribution in [3.63, 3.8) is 0 Å². The number of carboxylic acids is 1. The quantitative estimate of drug-likeness (QED) is 0.542. The standard InChI is InChI=1S/C12H23NO4/c1-2-10(14)7-13-8-12(17)5-3-9(4-6-12)11(15)16/h9-10,13-14,17H,2-8H2,1H3,(H,15,16). The van der Waals surface area contributed by atoms with Crippen molar-refractivity contribution in [2.75, 3.05) is 13.1 Å². The number of hydrogen-bond donors (Lipinski definition) is 4. The predicted molar refractivity (Wildman–Crippen MR) is 63.7 cm³/mol. The summed E-state index contributed by atoms with van der Waals surface area (Å²) in [4.78, 5) is 10.8. The van der Waals surface area contributed by atoms with E-state index >= 15 is 0 Å². The molecule has 1 aliphatic carbocycles. The van der Waals surface area contributed by atoms with E-state index in [2.05, 4.69) is 5.32 Å². The van der Waals surface area contributed by atoms with E-state index in [9.17, 15) is 15.0 Å². The highest BCUT2D eigenvalue weighted by atomic mass is 16.4. The summed E-state index contributed by atoms with van der Waals surface area (Å²) >= 11 is 0. The van der Waals surface area contributed by atoms with Crippen LogP contribution in [0.1, 0.15) is 39.0 Å². The molecule has 100 valence electrons. The maximum absolute atomic E-state index is 10.8. The van der Waals surface area contributed by atoms with Gasteiger partial charge in [0.1, 0.15) is 0 Å². The minimum Gasteiger partial charge on any atom is -0.481 e. The normalized spacial score (nSPS) is 31.1. The van der Waals surface area contributed by atoms with Crippen molar-refractivity contribution in [3.05, 3.63) is 0 Å². The molecule has 0 radical (unpaired) electrons. The molecule has 0 saturated heterocycles. The van der Waals surface area contributed by atoms with Gasteiger partial charge in [-0.05, 0) is 32.1 Å². The van der Waals surface area contributed by atoms with Crippen molar-refractivity contribution in [1.82, 2.24) is 5.32 Å². The second-order valence-electron chi connectivity index (χ2n) is 5.03. The molecule has 0 spiro atoms. The monoisotopic (exact) mass is 245 g/mol. The zero-order valence-electron chi connectivity index (χ0n) is 10.4. The highest BCUT2D eigenvalue weighted by molar-refractivity contribution is 5.70. The van der Waals surface area contributed by atoms with Crippen LogP contribution in [0, 0.1) is 5.92 Å². The van der Waals surface area contributed by atoms with Gasteiger partial charge in [0.15, 0.2) is 0 Å². The van der Waals surface area contributed by atoms with Crippen LogP contribution in [0.15, 0.2) is 0 Å². The van der Waals surface area contributed by atoms with Crippen molar-refractivity contribution in [3.8, 4) is 0 Å². The number of carbonyl (C=O) groups is 1. The average Bonchev–Trinajstić information content (AvgIpc) is 2.29. The summed E-state index contributed by atoms with van der Waals surface area (Å²) < 4.78 is 0. The van der Waals surface area contributed by atoms with Gasteiger partial charge in [0, 0.05) is 13.1 Å². The van der Waals surface area contributed by atoms with Crippen molar-refractivity contribution >= 4 is 5.97 Å². The molecule has 17 heavy (non-hydrogen) atoms. The largest absolute Gasteiger partial charge is 0.481 e. The Balaban J connectivity index is 2.27. The molecule has 5 nitrogen and oxygen atoms in total. The van der Waals surface area contributed by atoms with Crippen molar-refractivity contribution < 1.29 is 20.1 Å². The molecule has 5 heteroatoms. The Kier molecular flexibility index (Phi) is 5.36. The van der Waals surface area contributed by atoms with Crippen LogP contribution in [0.2, 0.25) is 0 Å². The number of aliphatic hydroxyl groups is 2. The number of rotatable bonds is 6. The van der Waals surface area contributed by atoms with Gasteiger partial charge in [0.25, 0.3) is 0 Å². The van der Waals surface area contributed by atoms with E-state index in [1.54, 1.807) is 0 Å². The van der Waals surface area contributed by atoms with Crippen LogP contribution in [-0.4, -0.2) is 46.1 Å². The lowest BCUT2D eigenvalue weighted by atomic mass is 9.79. The minimum absolute atomic E-state index is 0.309. The Morgan fingerprint density at radius 3 is 2.53 bits per heavy atom. The van der Waals surface area contributed by atoms with Crippen LogP contribution in [0.3, 0.4) is 0 Å². The first-order valence-electron chi connectivity index (χ1n) is 6.31. The zero-order chi connectivity index (χ0) is 12.9. The summed E-state index contributed by atoms with van der Waals surface area (Å²) in [5.41, 5.74) is -0.806. The first kappa shape index (κ1) is 14.4. The molecule has 1 atom stereocenters. The SMILES string of the molecule is CCC(O)CNCC1(O)CCC(C(=O)O)CC1. The van der Waals surface area contributed by atoms with Gasteiger partial charge in [-0.15, -0.1) is 0 Å². The molecule has 0 aromatic carbocycles. The van der Waals surface area contributed by atoms with Gasteiger partial charge in [0.2, 0.25) is 0 Å². The van der Waals surface area contributed by atoms with Crippen LogP contribution in [0.25, 0.3) is 0 Å². The Labute approximate surface area is 102 Å². The first-order chi connectivity index (χ1) is 7.97. The lowest BCUT2D eigenvalue weighted by Crippen LogP contribution is -2.46. The molecule has 0 amide bonds. The highest BCUT2D eigenvalue weighted by Crippen LogP contribution is 2.31. The third-order valence-electron chi connectivity index (χ3n) is 3.57. The van der Waals surface area contributed by atoms with Gasteiger partial charge in [-0.25, -0.2) is 0 Å². The van der Waals surface area contributed by atoms with Gasteiger partial charge in [-0.3, -0.25) is 4.79 Å². The Bertz CT molecular complexity index is 249. The molecule has 1 saturated carbocycles. The third-order valence-corrected chi connectivity index (χ3v) is 3.57.